The highest BCUT2D eigenvalue weighted by Gasteiger charge is 2.18. The molecule has 1 aromatic rings. The van der Waals surface area contributed by atoms with Gasteiger partial charge < -0.3 is 15.3 Å². The number of nitrogens with zero attached hydrogens (tertiary/aromatic N) is 1. The molecule has 0 bridgehead atoms. The first kappa shape index (κ1) is 11.3. The van der Waals surface area contributed by atoms with Crippen LogP contribution in [0.15, 0.2) is 24.3 Å². The van der Waals surface area contributed by atoms with Crippen LogP contribution in [0.4, 0.5) is 5.69 Å². The van der Waals surface area contributed by atoms with Crippen molar-refractivity contribution in [3.05, 3.63) is 24.3 Å². The van der Waals surface area contributed by atoms with Gasteiger partial charge in [0.1, 0.15) is 5.75 Å². The van der Waals surface area contributed by atoms with Crippen LogP contribution in [0.2, 0.25) is 0 Å². The number of phenolic OH excluding ortho intramolecular Hbond substituents is 1. The summed E-state index contributed by atoms with van der Waals surface area (Å²) < 4.78 is 0. The minimum absolute atomic E-state index is 0.321. The maximum absolute atomic E-state index is 9.35. The number of hydrogen-bond donors (Lipinski definition) is 2. The van der Waals surface area contributed by atoms with Crippen molar-refractivity contribution in [3.63, 3.8) is 0 Å². The smallest absolute Gasteiger partial charge is 0.117 e. The Kier molecular flexibility index (Phi) is 3.67. The van der Waals surface area contributed by atoms with E-state index in [1.807, 2.05) is 12.1 Å². The van der Waals surface area contributed by atoms with Crippen molar-refractivity contribution >= 4 is 5.69 Å². The summed E-state index contributed by atoms with van der Waals surface area (Å²) in [6.45, 7) is 2.16. The third-order valence-electron chi connectivity index (χ3n) is 3.31. The zero-order valence-electron chi connectivity index (χ0n) is 9.82. The summed E-state index contributed by atoms with van der Waals surface area (Å²) in [5, 5.41) is 12.7. The minimum atomic E-state index is 0.321. The molecule has 1 aromatic carbocycles. The second-order valence-electron chi connectivity index (χ2n) is 4.56. The van der Waals surface area contributed by atoms with E-state index in [0.29, 0.717) is 11.8 Å². The highest BCUT2D eigenvalue weighted by Crippen LogP contribution is 2.18. The van der Waals surface area contributed by atoms with E-state index in [0.717, 1.165) is 12.2 Å². The highest BCUT2D eigenvalue weighted by molar-refractivity contribution is 5.47. The van der Waals surface area contributed by atoms with Gasteiger partial charge in [-0.15, -0.1) is 0 Å². The Bertz CT molecular complexity index is 340. The van der Waals surface area contributed by atoms with Crippen molar-refractivity contribution < 1.29 is 5.11 Å². The van der Waals surface area contributed by atoms with Crippen molar-refractivity contribution in [2.24, 2.45) is 0 Å². The average Bonchev–Trinajstić information content (AvgIpc) is 2.28. The van der Waals surface area contributed by atoms with Crippen LogP contribution in [-0.4, -0.2) is 36.2 Å². The largest absolute Gasteiger partial charge is 0.508 e. The van der Waals surface area contributed by atoms with E-state index in [4.69, 9.17) is 0 Å². The van der Waals surface area contributed by atoms with Crippen LogP contribution in [-0.2, 0) is 0 Å². The molecule has 0 aliphatic carbocycles. The van der Waals surface area contributed by atoms with E-state index in [-0.39, 0.29) is 0 Å². The Labute approximate surface area is 97.1 Å². The molecule has 1 atom stereocenters. The number of rotatable bonds is 3. The Morgan fingerprint density at radius 2 is 2.31 bits per heavy atom. The molecule has 1 fully saturated rings. The first-order valence-electron chi connectivity index (χ1n) is 5.99. The topological polar surface area (TPSA) is 35.5 Å². The molecule has 0 amide bonds. The number of nitrogens with one attached hydrogen (secondary N) is 1. The fourth-order valence-electron chi connectivity index (χ4n) is 2.25. The summed E-state index contributed by atoms with van der Waals surface area (Å²) in [5.74, 6) is 0.321. The number of hydrogen-bond acceptors (Lipinski definition) is 3. The predicted octanol–water partition coefficient (Wildman–Crippen LogP) is 2.29. The molecular formula is C13H20N2O. The van der Waals surface area contributed by atoms with Crippen molar-refractivity contribution in [2.45, 2.75) is 25.3 Å². The molecule has 1 unspecified atom stereocenters. The van der Waals surface area contributed by atoms with Crippen molar-refractivity contribution in [3.8, 4) is 5.75 Å². The standard InChI is InChI=1S/C13H20N2O/c1-15-8-3-2-6-12(15)10-14-11-5-4-7-13(16)9-11/h4-5,7,9,12,14,16H,2-3,6,8,10H2,1H3. The van der Waals surface area contributed by atoms with Crippen LogP contribution in [0.5, 0.6) is 5.75 Å². The van der Waals surface area contributed by atoms with Gasteiger partial charge in [-0.1, -0.05) is 12.5 Å². The molecule has 1 aliphatic heterocycles. The van der Waals surface area contributed by atoms with Gasteiger partial charge >= 0.3 is 0 Å². The zero-order valence-corrected chi connectivity index (χ0v) is 9.82. The number of likely N-dealkylation sites (tertiary alicyclic amines) is 1. The van der Waals surface area contributed by atoms with Gasteiger partial charge in [-0.25, -0.2) is 0 Å². The number of phenols is 1. The first-order valence-corrected chi connectivity index (χ1v) is 5.99. The van der Waals surface area contributed by atoms with Gasteiger partial charge in [0.05, 0.1) is 0 Å². The quantitative estimate of drug-likeness (QED) is 0.820. The lowest BCUT2D eigenvalue weighted by molar-refractivity contribution is 0.194. The average molecular weight is 220 g/mol. The van der Waals surface area contributed by atoms with E-state index in [1.165, 1.54) is 25.8 Å². The normalized spacial score (nSPS) is 21.9. The molecule has 1 heterocycles. The van der Waals surface area contributed by atoms with E-state index in [1.54, 1.807) is 12.1 Å². The predicted molar refractivity (Wildman–Crippen MR) is 66.9 cm³/mol. The Morgan fingerprint density at radius 3 is 3.06 bits per heavy atom. The molecule has 1 aliphatic rings. The first-order chi connectivity index (χ1) is 7.75. The molecule has 16 heavy (non-hydrogen) atoms. The van der Waals surface area contributed by atoms with Gasteiger partial charge in [-0.05, 0) is 38.6 Å². The lowest BCUT2D eigenvalue weighted by Crippen LogP contribution is -2.40. The molecule has 2 rings (SSSR count). The van der Waals surface area contributed by atoms with Gasteiger partial charge in [0.2, 0.25) is 0 Å². The van der Waals surface area contributed by atoms with Crippen LogP contribution in [0, 0.1) is 0 Å². The van der Waals surface area contributed by atoms with Gasteiger partial charge in [-0.2, -0.15) is 0 Å². The minimum Gasteiger partial charge on any atom is -0.508 e. The van der Waals surface area contributed by atoms with E-state index in [9.17, 15) is 5.11 Å². The fourth-order valence-corrected chi connectivity index (χ4v) is 2.25. The maximum Gasteiger partial charge on any atom is 0.117 e. The molecule has 2 N–H and O–H groups in total. The summed E-state index contributed by atoms with van der Waals surface area (Å²) in [7, 11) is 2.19. The Balaban J connectivity index is 1.86. The summed E-state index contributed by atoms with van der Waals surface area (Å²) in [6, 6.07) is 7.93. The number of anilines is 1. The lowest BCUT2D eigenvalue weighted by atomic mass is 10.0. The highest BCUT2D eigenvalue weighted by atomic mass is 16.3. The maximum atomic E-state index is 9.35. The number of aromatic hydroxyl groups is 1. The van der Waals surface area contributed by atoms with Gasteiger partial charge in [-0.3, -0.25) is 0 Å². The molecule has 3 nitrogen and oxygen atoms in total. The fraction of sp³-hybridized carbons (Fsp3) is 0.538. The molecule has 3 heteroatoms. The lowest BCUT2D eigenvalue weighted by Gasteiger charge is -2.32. The Hall–Kier alpha value is -1.22. The van der Waals surface area contributed by atoms with Crippen LogP contribution in [0.1, 0.15) is 19.3 Å². The van der Waals surface area contributed by atoms with Crippen LogP contribution in [0.3, 0.4) is 0 Å². The number of benzene rings is 1. The van der Waals surface area contributed by atoms with Gasteiger partial charge in [0.25, 0.3) is 0 Å². The third kappa shape index (κ3) is 2.89. The van der Waals surface area contributed by atoms with E-state index in [2.05, 4.69) is 17.3 Å². The molecular weight excluding hydrogens is 200 g/mol. The van der Waals surface area contributed by atoms with Crippen LogP contribution < -0.4 is 5.32 Å². The van der Waals surface area contributed by atoms with Gasteiger partial charge in [0.15, 0.2) is 0 Å². The van der Waals surface area contributed by atoms with E-state index >= 15 is 0 Å². The van der Waals surface area contributed by atoms with Crippen molar-refractivity contribution in [1.82, 2.24) is 4.90 Å². The molecule has 88 valence electrons. The summed E-state index contributed by atoms with van der Waals surface area (Å²) in [5.41, 5.74) is 0.999. The third-order valence-corrected chi connectivity index (χ3v) is 3.31. The zero-order chi connectivity index (χ0) is 11.4. The van der Waals surface area contributed by atoms with Gasteiger partial charge in [0, 0.05) is 24.3 Å². The summed E-state index contributed by atoms with van der Waals surface area (Å²) in [4.78, 5) is 2.42. The number of piperidine rings is 1. The van der Waals surface area contributed by atoms with Crippen molar-refractivity contribution in [2.75, 3.05) is 25.5 Å². The second-order valence-corrected chi connectivity index (χ2v) is 4.56. The molecule has 0 aromatic heterocycles. The molecule has 0 spiro atoms. The van der Waals surface area contributed by atoms with Crippen LogP contribution in [0.25, 0.3) is 0 Å². The SMILES string of the molecule is CN1CCCCC1CNc1cccc(O)c1. The molecule has 0 radical (unpaired) electrons. The van der Waals surface area contributed by atoms with Crippen LogP contribution >= 0.6 is 0 Å². The second kappa shape index (κ2) is 5.21. The monoisotopic (exact) mass is 220 g/mol. The van der Waals surface area contributed by atoms with E-state index < -0.39 is 0 Å². The summed E-state index contributed by atoms with van der Waals surface area (Å²) in [6.07, 6.45) is 3.91. The van der Waals surface area contributed by atoms with Crippen molar-refractivity contribution in [1.29, 1.82) is 0 Å². The Morgan fingerprint density at radius 1 is 1.44 bits per heavy atom. The molecule has 0 saturated carbocycles. The number of likely N-dealkylation sites (N-methyl/N-ethyl adjacent to an activating group) is 1. The molecule has 1 saturated heterocycles. The summed E-state index contributed by atoms with van der Waals surface area (Å²) >= 11 is 0.